The van der Waals surface area contributed by atoms with Crippen LogP contribution in [0.4, 0.5) is 0 Å². The SMILES string of the molecule is Cn1cc(C(C)(O)CNC(=O)CC2CCCCC2)cn1. The Kier molecular flexibility index (Phi) is 4.81. The van der Waals surface area contributed by atoms with Crippen LogP contribution in [0, 0.1) is 5.92 Å². The van der Waals surface area contributed by atoms with Crippen molar-refractivity contribution in [2.24, 2.45) is 13.0 Å². The lowest BCUT2D eigenvalue weighted by Crippen LogP contribution is -2.39. The van der Waals surface area contributed by atoms with Crippen LogP contribution in [0.3, 0.4) is 0 Å². The highest BCUT2D eigenvalue weighted by Crippen LogP contribution is 2.26. The van der Waals surface area contributed by atoms with Crippen LogP contribution in [0.1, 0.15) is 51.0 Å². The van der Waals surface area contributed by atoms with E-state index in [1.54, 1.807) is 31.0 Å². The minimum Gasteiger partial charge on any atom is -0.383 e. The van der Waals surface area contributed by atoms with Gasteiger partial charge in [-0.1, -0.05) is 19.3 Å². The van der Waals surface area contributed by atoms with E-state index in [-0.39, 0.29) is 12.5 Å². The molecular formula is C15H25N3O2. The first-order valence-electron chi connectivity index (χ1n) is 7.45. The van der Waals surface area contributed by atoms with E-state index in [4.69, 9.17) is 0 Å². The number of carbonyl (C=O) groups is 1. The number of aliphatic hydroxyl groups is 1. The molecule has 0 aromatic carbocycles. The summed E-state index contributed by atoms with van der Waals surface area (Å²) in [4.78, 5) is 12.0. The van der Waals surface area contributed by atoms with Crippen molar-refractivity contribution in [2.45, 2.75) is 51.0 Å². The average molecular weight is 279 g/mol. The first-order valence-corrected chi connectivity index (χ1v) is 7.45. The molecule has 1 aliphatic rings. The second-order valence-electron chi connectivity index (χ2n) is 6.16. The van der Waals surface area contributed by atoms with E-state index in [1.807, 2.05) is 0 Å². The summed E-state index contributed by atoms with van der Waals surface area (Å²) < 4.78 is 1.65. The minimum atomic E-state index is -1.07. The lowest BCUT2D eigenvalue weighted by Gasteiger charge is -2.24. The number of aryl methyl sites for hydroxylation is 1. The lowest BCUT2D eigenvalue weighted by atomic mass is 9.87. The van der Waals surface area contributed by atoms with Crippen LogP contribution in [0.15, 0.2) is 12.4 Å². The lowest BCUT2D eigenvalue weighted by molar-refractivity contribution is -0.123. The number of amides is 1. The largest absolute Gasteiger partial charge is 0.383 e. The number of nitrogens with one attached hydrogen (secondary N) is 1. The Labute approximate surface area is 120 Å². The molecule has 0 spiro atoms. The van der Waals surface area contributed by atoms with Gasteiger partial charge < -0.3 is 10.4 Å². The zero-order chi connectivity index (χ0) is 14.6. The van der Waals surface area contributed by atoms with Crippen LogP contribution in [0.25, 0.3) is 0 Å². The van der Waals surface area contributed by atoms with Crippen LogP contribution in [0.2, 0.25) is 0 Å². The fourth-order valence-corrected chi connectivity index (χ4v) is 2.80. The monoisotopic (exact) mass is 279 g/mol. The molecule has 1 saturated carbocycles. The van der Waals surface area contributed by atoms with Gasteiger partial charge in [-0.05, 0) is 25.7 Å². The molecule has 112 valence electrons. The minimum absolute atomic E-state index is 0.0427. The Hall–Kier alpha value is -1.36. The van der Waals surface area contributed by atoms with Crippen LogP contribution in [0.5, 0.6) is 0 Å². The Bertz CT molecular complexity index is 448. The molecule has 1 aromatic rings. The van der Waals surface area contributed by atoms with Gasteiger partial charge in [-0.25, -0.2) is 0 Å². The van der Waals surface area contributed by atoms with Crippen LogP contribution in [-0.2, 0) is 17.4 Å². The van der Waals surface area contributed by atoms with Crippen molar-refractivity contribution in [1.82, 2.24) is 15.1 Å². The number of nitrogens with zero attached hydrogens (tertiary/aromatic N) is 2. The number of hydrogen-bond donors (Lipinski definition) is 2. The maximum Gasteiger partial charge on any atom is 0.220 e. The zero-order valence-corrected chi connectivity index (χ0v) is 12.4. The molecule has 1 unspecified atom stereocenters. The quantitative estimate of drug-likeness (QED) is 0.862. The van der Waals surface area contributed by atoms with Crippen molar-refractivity contribution < 1.29 is 9.90 Å². The third-order valence-electron chi connectivity index (χ3n) is 4.16. The van der Waals surface area contributed by atoms with E-state index in [9.17, 15) is 9.90 Å². The van der Waals surface area contributed by atoms with Crippen molar-refractivity contribution in [2.75, 3.05) is 6.54 Å². The van der Waals surface area contributed by atoms with E-state index < -0.39 is 5.60 Å². The topological polar surface area (TPSA) is 67.2 Å². The zero-order valence-electron chi connectivity index (χ0n) is 12.4. The summed E-state index contributed by atoms with van der Waals surface area (Å²) in [5, 5.41) is 17.3. The van der Waals surface area contributed by atoms with Crippen LogP contribution in [-0.4, -0.2) is 27.3 Å². The van der Waals surface area contributed by atoms with Gasteiger partial charge in [0, 0.05) is 25.2 Å². The third kappa shape index (κ3) is 4.07. The Morgan fingerprint density at radius 3 is 2.80 bits per heavy atom. The maximum atomic E-state index is 12.0. The number of rotatable bonds is 5. The molecule has 1 aliphatic carbocycles. The molecule has 5 nitrogen and oxygen atoms in total. The van der Waals surface area contributed by atoms with Crippen molar-refractivity contribution in [3.63, 3.8) is 0 Å². The molecule has 20 heavy (non-hydrogen) atoms. The van der Waals surface area contributed by atoms with Gasteiger partial charge in [0.1, 0.15) is 5.60 Å². The summed E-state index contributed by atoms with van der Waals surface area (Å²) in [5.41, 5.74) is -0.353. The first-order chi connectivity index (χ1) is 9.47. The fraction of sp³-hybridized carbons (Fsp3) is 0.733. The maximum absolute atomic E-state index is 12.0. The molecule has 5 heteroatoms. The second-order valence-corrected chi connectivity index (χ2v) is 6.16. The molecule has 0 aliphatic heterocycles. The highest BCUT2D eigenvalue weighted by atomic mass is 16.3. The predicted molar refractivity (Wildman–Crippen MR) is 77.0 cm³/mol. The second kappa shape index (κ2) is 6.39. The van der Waals surface area contributed by atoms with E-state index >= 15 is 0 Å². The molecule has 1 aromatic heterocycles. The highest BCUT2D eigenvalue weighted by Gasteiger charge is 2.26. The molecule has 1 heterocycles. The molecule has 0 bridgehead atoms. The summed E-state index contributed by atoms with van der Waals surface area (Å²) in [6.45, 7) is 1.93. The Morgan fingerprint density at radius 2 is 2.20 bits per heavy atom. The van der Waals surface area contributed by atoms with Gasteiger partial charge in [0.25, 0.3) is 0 Å². The normalized spacial score (nSPS) is 19.6. The third-order valence-corrected chi connectivity index (χ3v) is 4.16. The highest BCUT2D eigenvalue weighted by molar-refractivity contribution is 5.76. The Balaban J connectivity index is 1.80. The van der Waals surface area contributed by atoms with E-state index in [0.717, 1.165) is 18.4 Å². The first kappa shape index (κ1) is 15.0. The van der Waals surface area contributed by atoms with Gasteiger partial charge in [-0.15, -0.1) is 0 Å². The number of hydrogen-bond acceptors (Lipinski definition) is 3. The molecule has 1 amide bonds. The van der Waals surface area contributed by atoms with Crippen molar-refractivity contribution >= 4 is 5.91 Å². The molecule has 0 radical (unpaired) electrons. The van der Waals surface area contributed by atoms with Crippen molar-refractivity contribution in [1.29, 1.82) is 0 Å². The molecule has 1 atom stereocenters. The van der Waals surface area contributed by atoms with Gasteiger partial charge in [0.05, 0.1) is 12.7 Å². The van der Waals surface area contributed by atoms with Gasteiger partial charge in [-0.2, -0.15) is 5.10 Å². The van der Waals surface area contributed by atoms with Crippen molar-refractivity contribution in [3.05, 3.63) is 18.0 Å². The standard InChI is InChI=1S/C15H25N3O2/c1-15(20,13-9-17-18(2)10-13)11-16-14(19)8-12-6-4-3-5-7-12/h9-10,12,20H,3-8,11H2,1-2H3,(H,16,19). The summed E-state index contributed by atoms with van der Waals surface area (Å²) >= 11 is 0. The summed E-state index contributed by atoms with van der Waals surface area (Å²) in [6.07, 6.45) is 10.1. The summed E-state index contributed by atoms with van der Waals surface area (Å²) in [6, 6.07) is 0. The van der Waals surface area contributed by atoms with Crippen LogP contribution < -0.4 is 5.32 Å². The van der Waals surface area contributed by atoms with Gasteiger partial charge in [0.2, 0.25) is 5.91 Å². The predicted octanol–water partition coefficient (Wildman–Crippen LogP) is 1.71. The number of carbonyl (C=O) groups excluding carboxylic acids is 1. The molecule has 2 rings (SSSR count). The van der Waals surface area contributed by atoms with Gasteiger partial charge >= 0.3 is 0 Å². The van der Waals surface area contributed by atoms with Crippen LogP contribution >= 0.6 is 0 Å². The summed E-state index contributed by atoms with van der Waals surface area (Å²) in [7, 11) is 1.81. The Morgan fingerprint density at radius 1 is 1.50 bits per heavy atom. The van der Waals surface area contributed by atoms with Crippen molar-refractivity contribution in [3.8, 4) is 0 Å². The van der Waals surface area contributed by atoms with E-state index in [1.165, 1.54) is 19.3 Å². The molecular weight excluding hydrogens is 254 g/mol. The smallest absolute Gasteiger partial charge is 0.220 e. The van der Waals surface area contributed by atoms with E-state index in [0.29, 0.717) is 12.3 Å². The fourth-order valence-electron chi connectivity index (χ4n) is 2.80. The average Bonchev–Trinajstić information content (AvgIpc) is 2.85. The molecule has 2 N–H and O–H groups in total. The van der Waals surface area contributed by atoms with Gasteiger partial charge in [-0.3, -0.25) is 9.48 Å². The van der Waals surface area contributed by atoms with Gasteiger partial charge in [0.15, 0.2) is 0 Å². The summed E-state index contributed by atoms with van der Waals surface area (Å²) in [5.74, 6) is 0.563. The molecule has 0 saturated heterocycles. The van der Waals surface area contributed by atoms with E-state index in [2.05, 4.69) is 10.4 Å². The number of aromatic nitrogens is 2. The molecule has 1 fully saturated rings.